The van der Waals surface area contributed by atoms with E-state index >= 15 is 0 Å². The van der Waals surface area contributed by atoms with E-state index in [4.69, 9.17) is 0 Å². The van der Waals surface area contributed by atoms with Gasteiger partial charge in [-0.15, -0.1) is 11.8 Å². The van der Waals surface area contributed by atoms with Crippen LogP contribution in [0.2, 0.25) is 0 Å². The van der Waals surface area contributed by atoms with E-state index in [1.54, 1.807) is 12.1 Å². The van der Waals surface area contributed by atoms with E-state index in [1.165, 1.54) is 43.2 Å². The first-order valence-corrected chi connectivity index (χ1v) is 9.99. The summed E-state index contributed by atoms with van der Waals surface area (Å²) in [6, 6.07) is 5.61. The first-order chi connectivity index (χ1) is 12.0. The highest BCUT2D eigenvalue weighted by molar-refractivity contribution is 8.00. The fourth-order valence-electron chi connectivity index (χ4n) is 5.38. The van der Waals surface area contributed by atoms with Crippen molar-refractivity contribution in [2.45, 2.75) is 49.0 Å². The smallest absolute Gasteiger partial charge is 0.321 e. The third kappa shape index (κ3) is 3.84. The Morgan fingerprint density at radius 2 is 1.60 bits per heavy atom. The molecule has 0 radical (unpaired) electrons. The number of benzene rings is 1. The van der Waals surface area contributed by atoms with Crippen LogP contribution >= 0.6 is 11.8 Å². The molecule has 4 fully saturated rings. The highest BCUT2D eigenvalue weighted by Crippen LogP contribution is 2.55. The van der Waals surface area contributed by atoms with Gasteiger partial charge >= 0.3 is 6.03 Å². The van der Waals surface area contributed by atoms with Gasteiger partial charge in [0.05, 0.1) is 5.75 Å². The molecule has 0 unspecified atom stereocenters. The van der Waals surface area contributed by atoms with Crippen LogP contribution in [0.1, 0.15) is 38.5 Å². The SMILES string of the molecule is O=C(CSc1ccc(F)cc1)NC(=O)NC12CC3CC(CC(C3)C1)C2. The van der Waals surface area contributed by atoms with Crippen molar-refractivity contribution in [2.24, 2.45) is 17.8 Å². The van der Waals surface area contributed by atoms with E-state index < -0.39 is 0 Å². The molecule has 4 saturated carbocycles. The molecule has 1 aromatic rings. The number of rotatable bonds is 4. The molecule has 4 nitrogen and oxygen atoms in total. The van der Waals surface area contributed by atoms with Crippen LogP contribution in [0.25, 0.3) is 0 Å². The molecule has 5 rings (SSSR count). The fraction of sp³-hybridized carbons (Fsp3) is 0.579. The van der Waals surface area contributed by atoms with Crippen LogP contribution < -0.4 is 10.6 Å². The van der Waals surface area contributed by atoms with Gasteiger partial charge in [0.1, 0.15) is 5.82 Å². The molecule has 0 heterocycles. The molecule has 6 heteroatoms. The van der Waals surface area contributed by atoms with Crippen LogP contribution in [-0.4, -0.2) is 23.2 Å². The predicted octanol–water partition coefficient (Wildman–Crippen LogP) is 3.71. The van der Waals surface area contributed by atoms with Gasteiger partial charge in [-0.1, -0.05) is 0 Å². The van der Waals surface area contributed by atoms with Gasteiger partial charge in [-0.05, 0) is 80.5 Å². The van der Waals surface area contributed by atoms with Crippen LogP contribution in [0.3, 0.4) is 0 Å². The third-order valence-electron chi connectivity index (χ3n) is 5.85. The summed E-state index contributed by atoms with van der Waals surface area (Å²) in [6.45, 7) is 0. The molecule has 25 heavy (non-hydrogen) atoms. The van der Waals surface area contributed by atoms with E-state index in [1.807, 2.05) is 0 Å². The molecule has 0 atom stereocenters. The Morgan fingerprint density at radius 3 is 2.16 bits per heavy atom. The molecular weight excluding hydrogens is 339 g/mol. The van der Waals surface area contributed by atoms with E-state index in [2.05, 4.69) is 10.6 Å². The van der Waals surface area contributed by atoms with Crippen molar-refractivity contribution in [3.63, 3.8) is 0 Å². The number of carbonyl (C=O) groups is 2. The summed E-state index contributed by atoms with van der Waals surface area (Å²) in [4.78, 5) is 25.1. The van der Waals surface area contributed by atoms with Gasteiger partial charge in [-0.2, -0.15) is 0 Å². The number of amides is 3. The van der Waals surface area contributed by atoms with Crippen molar-refractivity contribution in [3.8, 4) is 0 Å². The molecule has 1 aromatic carbocycles. The molecule has 4 aliphatic carbocycles. The second-order valence-corrected chi connectivity index (χ2v) is 8.99. The van der Waals surface area contributed by atoms with E-state index in [0.29, 0.717) is 0 Å². The molecule has 4 aliphatic rings. The lowest BCUT2D eigenvalue weighted by Crippen LogP contribution is -2.61. The monoisotopic (exact) mass is 362 g/mol. The van der Waals surface area contributed by atoms with Crippen molar-refractivity contribution < 1.29 is 14.0 Å². The first-order valence-electron chi connectivity index (χ1n) is 9.00. The van der Waals surface area contributed by atoms with E-state index in [-0.39, 0.29) is 29.0 Å². The maximum absolute atomic E-state index is 12.9. The van der Waals surface area contributed by atoms with E-state index in [0.717, 1.165) is 41.9 Å². The zero-order chi connectivity index (χ0) is 17.4. The molecule has 3 amide bonds. The molecule has 0 aliphatic heterocycles. The summed E-state index contributed by atoms with van der Waals surface area (Å²) >= 11 is 1.29. The largest absolute Gasteiger partial charge is 0.332 e. The molecule has 4 bridgehead atoms. The van der Waals surface area contributed by atoms with Gasteiger partial charge in [-0.25, -0.2) is 9.18 Å². The Kier molecular flexibility index (Phi) is 4.48. The Morgan fingerprint density at radius 1 is 1.04 bits per heavy atom. The van der Waals surface area contributed by atoms with Gasteiger partial charge in [0.25, 0.3) is 0 Å². The van der Waals surface area contributed by atoms with Gasteiger partial charge in [0, 0.05) is 10.4 Å². The van der Waals surface area contributed by atoms with Crippen LogP contribution in [-0.2, 0) is 4.79 Å². The first kappa shape index (κ1) is 16.9. The Bertz CT molecular complexity index is 641. The standard InChI is InChI=1S/C19H23FN2O2S/c20-15-1-3-16(4-2-15)25-11-17(23)21-18(24)22-19-8-12-5-13(9-19)7-14(6-12)10-19/h1-4,12-14H,5-11H2,(H2,21,22,23,24). The highest BCUT2D eigenvalue weighted by atomic mass is 32.2. The summed E-state index contributed by atoms with van der Waals surface area (Å²) in [6.07, 6.45) is 7.13. The number of hydrogen-bond acceptors (Lipinski definition) is 3. The molecule has 0 aromatic heterocycles. The average Bonchev–Trinajstić information content (AvgIpc) is 2.52. The maximum Gasteiger partial charge on any atom is 0.321 e. The number of carbonyl (C=O) groups excluding carboxylic acids is 2. The highest BCUT2D eigenvalue weighted by Gasteiger charge is 2.51. The van der Waals surface area contributed by atoms with Crippen LogP contribution in [0, 0.1) is 23.6 Å². The minimum Gasteiger partial charge on any atom is -0.332 e. The van der Waals surface area contributed by atoms with Gasteiger partial charge in [-0.3, -0.25) is 10.1 Å². The van der Waals surface area contributed by atoms with E-state index in [9.17, 15) is 14.0 Å². The quantitative estimate of drug-likeness (QED) is 0.803. The zero-order valence-electron chi connectivity index (χ0n) is 14.1. The summed E-state index contributed by atoms with van der Waals surface area (Å²) < 4.78 is 12.9. The minimum absolute atomic E-state index is 0.0940. The Hall–Kier alpha value is -1.56. The number of imide groups is 1. The van der Waals surface area contributed by atoms with Crippen molar-refractivity contribution in [3.05, 3.63) is 30.1 Å². The normalized spacial score (nSPS) is 32.4. The number of halogens is 1. The Labute approximate surface area is 151 Å². The number of thioether (sulfide) groups is 1. The Balaban J connectivity index is 1.27. The van der Waals surface area contributed by atoms with Gasteiger partial charge in [0.15, 0.2) is 0 Å². The van der Waals surface area contributed by atoms with Gasteiger partial charge in [0.2, 0.25) is 5.91 Å². The molecule has 0 saturated heterocycles. The summed E-state index contributed by atoms with van der Waals surface area (Å²) in [5.41, 5.74) is -0.0940. The van der Waals surface area contributed by atoms with Crippen molar-refractivity contribution >= 4 is 23.7 Å². The van der Waals surface area contributed by atoms with Crippen LogP contribution in [0.4, 0.5) is 9.18 Å². The molecule has 0 spiro atoms. The molecule has 2 N–H and O–H groups in total. The van der Waals surface area contributed by atoms with Crippen LogP contribution in [0.15, 0.2) is 29.2 Å². The lowest BCUT2D eigenvalue weighted by molar-refractivity contribution is -0.117. The topological polar surface area (TPSA) is 58.2 Å². The fourth-order valence-corrected chi connectivity index (χ4v) is 6.08. The van der Waals surface area contributed by atoms with Crippen molar-refractivity contribution in [2.75, 3.05) is 5.75 Å². The predicted molar refractivity (Wildman–Crippen MR) is 94.7 cm³/mol. The van der Waals surface area contributed by atoms with Crippen molar-refractivity contribution in [1.82, 2.24) is 10.6 Å². The second-order valence-electron chi connectivity index (χ2n) is 7.94. The van der Waals surface area contributed by atoms with Gasteiger partial charge < -0.3 is 5.32 Å². The lowest BCUT2D eigenvalue weighted by Gasteiger charge is -2.56. The summed E-state index contributed by atoms with van der Waals surface area (Å²) in [5, 5.41) is 5.58. The maximum atomic E-state index is 12.9. The number of nitrogens with one attached hydrogen (secondary N) is 2. The van der Waals surface area contributed by atoms with Crippen LogP contribution in [0.5, 0.6) is 0 Å². The lowest BCUT2D eigenvalue weighted by atomic mass is 9.53. The molecule has 134 valence electrons. The zero-order valence-corrected chi connectivity index (χ0v) is 14.9. The number of urea groups is 1. The summed E-state index contributed by atoms with van der Waals surface area (Å²) in [5.74, 6) is 1.75. The third-order valence-corrected chi connectivity index (χ3v) is 6.87. The van der Waals surface area contributed by atoms with Crippen molar-refractivity contribution in [1.29, 1.82) is 0 Å². The summed E-state index contributed by atoms with van der Waals surface area (Å²) in [7, 11) is 0. The number of hydrogen-bond donors (Lipinski definition) is 2. The minimum atomic E-state index is -0.369. The molecular formula is C19H23FN2O2S. The average molecular weight is 362 g/mol. The second kappa shape index (κ2) is 6.63.